The summed E-state index contributed by atoms with van der Waals surface area (Å²) in [5, 5.41) is 3.45. The molecule has 1 aromatic carbocycles. The van der Waals surface area contributed by atoms with Crippen molar-refractivity contribution in [3.63, 3.8) is 0 Å². The van der Waals surface area contributed by atoms with Gasteiger partial charge >= 0.3 is 0 Å². The predicted octanol–water partition coefficient (Wildman–Crippen LogP) is 3.76. The molecule has 0 amide bonds. The van der Waals surface area contributed by atoms with E-state index in [9.17, 15) is 0 Å². The summed E-state index contributed by atoms with van der Waals surface area (Å²) in [7, 11) is 0. The van der Waals surface area contributed by atoms with E-state index in [2.05, 4.69) is 52.1 Å². The van der Waals surface area contributed by atoms with Crippen molar-refractivity contribution in [3.05, 3.63) is 34.4 Å². The zero-order chi connectivity index (χ0) is 14.3. The van der Waals surface area contributed by atoms with Crippen LogP contribution in [0.2, 0.25) is 0 Å². The van der Waals surface area contributed by atoms with Crippen LogP contribution in [0.4, 0.5) is 0 Å². The fraction of sp³-hybridized carbons (Fsp3) is 0.647. The summed E-state index contributed by atoms with van der Waals surface area (Å²) in [4.78, 5) is 0. The van der Waals surface area contributed by atoms with Gasteiger partial charge in [-0.3, -0.25) is 0 Å². The molecule has 108 valence electrons. The van der Waals surface area contributed by atoms with Crippen LogP contribution in [0.3, 0.4) is 0 Å². The van der Waals surface area contributed by atoms with E-state index in [0.717, 1.165) is 38.6 Å². The van der Waals surface area contributed by atoms with Gasteiger partial charge in [0.15, 0.2) is 0 Å². The van der Waals surface area contributed by atoms with Crippen LogP contribution in [-0.2, 0) is 11.3 Å². The number of rotatable bonds is 8. The molecule has 1 aromatic rings. The Hall–Kier alpha value is -0.860. The second-order valence-corrected chi connectivity index (χ2v) is 5.83. The Balaban J connectivity index is 2.21. The normalized spacial score (nSPS) is 11.3. The first-order valence-electron chi connectivity index (χ1n) is 7.36. The summed E-state index contributed by atoms with van der Waals surface area (Å²) in [6, 6.07) is 4.56. The lowest BCUT2D eigenvalue weighted by Crippen LogP contribution is -2.20. The van der Waals surface area contributed by atoms with Gasteiger partial charge in [0.2, 0.25) is 0 Å². The molecule has 0 atom stereocenters. The summed E-state index contributed by atoms with van der Waals surface area (Å²) < 4.78 is 5.59. The quantitative estimate of drug-likeness (QED) is 0.721. The molecule has 1 rings (SSSR count). The van der Waals surface area contributed by atoms with Gasteiger partial charge in [-0.1, -0.05) is 26.0 Å². The van der Waals surface area contributed by atoms with Crippen LogP contribution in [0, 0.1) is 26.7 Å². The molecule has 0 aliphatic rings. The van der Waals surface area contributed by atoms with Gasteiger partial charge in [0.05, 0.1) is 6.61 Å². The van der Waals surface area contributed by atoms with Crippen LogP contribution in [0.1, 0.15) is 42.5 Å². The van der Waals surface area contributed by atoms with Crippen molar-refractivity contribution >= 4 is 0 Å². The first kappa shape index (κ1) is 16.2. The highest BCUT2D eigenvalue weighted by atomic mass is 16.5. The van der Waals surface area contributed by atoms with E-state index in [1.807, 2.05) is 0 Å². The highest BCUT2D eigenvalue weighted by Gasteiger charge is 2.01. The van der Waals surface area contributed by atoms with Crippen LogP contribution in [-0.4, -0.2) is 19.8 Å². The van der Waals surface area contributed by atoms with Gasteiger partial charge in [-0.15, -0.1) is 0 Å². The Morgan fingerprint density at radius 3 is 2.37 bits per heavy atom. The van der Waals surface area contributed by atoms with Crippen molar-refractivity contribution in [1.82, 2.24) is 5.32 Å². The Kier molecular flexibility index (Phi) is 7.11. The van der Waals surface area contributed by atoms with Gasteiger partial charge in [0.1, 0.15) is 0 Å². The lowest BCUT2D eigenvalue weighted by Gasteiger charge is -2.11. The Morgan fingerprint density at radius 2 is 1.68 bits per heavy atom. The minimum absolute atomic E-state index is 0.728. The molecule has 0 spiro atoms. The molecule has 0 fully saturated rings. The van der Waals surface area contributed by atoms with Crippen molar-refractivity contribution in [2.45, 2.75) is 47.6 Å². The van der Waals surface area contributed by atoms with Crippen LogP contribution in [0.15, 0.2) is 12.1 Å². The molecule has 0 saturated carbocycles. The summed E-state index contributed by atoms with van der Waals surface area (Å²) in [5.74, 6) is 0.728. The summed E-state index contributed by atoms with van der Waals surface area (Å²) in [6.07, 6.45) is 1.15. The van der Waals surface area contributed by atoms with Gasteiger partial charge in [0.25, 0.3) is 0 Å². The van der Waals surface area contributed by atoms with Gasteiger partial charge in [0, 0.05) is 19.7 Å². The Morgan fingerprint density at radius 1 is 1.00 bits per heavy atom. The lowest BCUT2D eigenvalue weighted by atomic mass is 10.0. The number of hydrogen-bond acceptors (Lipinski definition) is 2. The molecule has 0 aromatic heterocycles. The molecule has 0 heterocycles. The minimum Gasteiger partial charge on any atom is -0.380 e. The largest absolute Gasteiger partial charge is 0.380 e. The van der Waals surface area contributed by atoms with Crippen LogP contribution >= 0.6 is 0 Å². The number of ether oxygens (including phenoxy) is 1. The molecule has 0 unspecified atom stereocenters. The Labute approximate surface area is 118 Å². The fourth-order valence-corrected chi connectivity index (χ4v) is 2.00. The van der Waals surface area contributed by atoms with Crippen molar-refractivity contribution in [1.29, 1.82) is 0 Å². The first-order chi connectivity index (χ1) is 9.00. The van der Waals surface area contributed by atoms with Crippen molar-refractivity contribution in [2.24, 2.45) is 5.92 Å². The molecule has 0 saturated heterocycles. The lowest BCUT2D eigenvalue weighted by molar-refractivity contribution is 0.125. The zero-order valence-corrected chi connectivity index (χ0v) is 13.2. The van der Waals surface area contributed by atoms with E-state index < -0.39 is 0 Å². The van der Waals surface area contributed by atoms with E-state index >= 15 is 0 Å². The van der Waals surface area contributed by atoms with Crippen LogP contribution in [0.5, 0.6) is 0 Å². The van der Waals surface area contributed by atoms with Crippen molar-refractivity contribution in [2.75, 3.05) is 19.8 Å². The van der Waals surface area contributed by atoms with E-state index in [4.69, 9.17) is 4.74 Å². The van der Waals surface area contributed by atoms with Crippen molar-refractivity contribution < 1.29 is 4.74 Å². The third-order valence-electron chi connectivity index (χ3n) is 3.53. The van der Waals surface area contributed by atoms with Gasteiger partial charge in [-0.25, -0.2) is 0 Å². The molecule has 0 aliphatic carbocycles. The maximum atomic E-state index is 5.59. The summed E-state index contributed by atoms with van der Waals surface area (Å²) in [5.41, 5.74) is 5.51. The average Bonchev–Trinajstić information content (AvgIpc) is 2.33. The molecular formula is C17H29NO. The van der Waals surface area contributed by atoms with E-state index in [1.165, 1.54) is 22.3 Å². The van der Waals surface area contributed by atoms with Crippen molar-refractivity contribution in [3.8, 4) is 0 Å². The van der Waals surface area contributed by atoms with Crippen LogP contribution < -0.4 is 5.32 Å². The maximum absolute atomic E-state index is 5.59. The smallest absolute Gasteiger partial charge is 0.0591 e. The second-order valence-electron chi connectivity index (χ2n) is 5.83. The summed E-state index contributed by atoms with van der Waals surface area (Å²) >= 11 is 0. The third-order valence-corrected chi connectivity index (χ3v) is 3.53. The van der Waals surface area contributed by atoms with Gasteiger partial charge in [-0.2, -0.15) is 0 Å². The summed E-state index contributed by atoms with van der Waals surface area (Å²) in [6.45, 7) is 14.5. The van der Waals surface area contributed by atoms with E-state index in [1.54, 1.807) is 0 Å². The highest BCUT2D eigenvalue weighted by Crippen LogP contribution is 2.14. The molecule has 1 N–H and O–H groups in total. The standard InChI is InChI=1S/C17H29NO/c1-13(2)6-8-19-9-7-18-12-17-11-15(4)14(3)10-16(17)5/h10-11,13,18H,6-9,12H2,1-5H3. The SMILES string of the molecule is Cc1cc(C)c(CNCCOCCC(C)C)cc1C. The maximum Gasteiger partial charge on any atom is 0.0591 e. The first-order valence-corrected chi connectivity index (χ1v) is 7.36. The number of aryl methyl sites for hydroxylation is 3. The molecule has 2 nitrogen and oxygen atoms in total. The average molecular weight is 263 g/mol. The number of benzene rings is 1. The molecular weight excluding hydrogens is 234 g/mol. The van der Waals surface area contributed by atoms with Gasteiger partial charge in [-0.05, 0) is 55.4 Å². The molecule has 0 bridgehead atoms. The van der Waals surface area contributed by atoms with E-state index in [0.29, 0.717) is 0 Å². The fourth-order valence-electron chi connectivity index (χ4n) is 2.00. The van der Waals surface area contributed by atoms with Crippen LogP contribution in [0.25, 0.3) is 0 Å². The monoisotopic (exact) mass is 263 g/mol. The molecule has 2 heteroatoms. The number of nitrogens with one attached hydrogen (secondary N) is 1. The predicted molar refractivity (Wildman–Crippen MR) is 82.6 cm³/mol. The minimum atomic E-state index is 0.728. The third kappa shape index (κ3) is 6.22. The highest BCUT2D eigenvalue weighted by molar-refractivity contribution is 5.36. The second kappa shape index (κ2) is 8.34. The topological polar surface area (TPSA) is 21.3 Å². The molecule has 19 heavy (non-hydrogen) atoms. The molecule has 0 radical (unpaired) electrons. The molecule has 0 aliphatic heterocycles. The van der Waals surface area contributed by atoms with E-state index in [-0.39, 0.29) is 0 Å². The van der Waals surface area contributed by atoms with Gasteiger partial charge < -0.3 is 10.1 Å². The zero-order valence-electron chi connectivity index (χ0n) is 13.2. The Bertz CT molecular complexity index is 385. The number of hydrogen-bond donors (Lipinski definition) is 1.